The minimum absolute atomic E-state index is 0.346. The molecule has 1 aromatic carbocycles. The molecule has 3 rings (SSSR count). The summed E-state index contributed by atoms with van der Waals surface area (Å²) in [5.41, 5.74) is 4.30. The number of aliphatic hydroxyl groups is 1. The van der Waals surface area contributed by atoms with Gasteiger partial charge in [0.15, 0.2) is 0 Å². The molecule has 1 aliphatic rings. The molecular formula is C16H20N2O2. The third-order valence-electron chi connectivity index (χ3n) is 3.89. The third kappa shape index (κ3) is 2.56. The van der Waals surface area contributed by atoms with Crippen LogP contribution in [0.3, 0.4) is 0 Å². The van der Waals surface area contributed by atoms with Gasteiger partial charge < -0.3 is 9.84 Å². The number of nitrogens with zero attached hydrogens (tertiary/aromatic N) is 2. The van der Waals surface area contributed by atoms with E-state index in [0.29, 0.717) is 6.61 Å². The van der Waals surface area contributed by atoms with Crippen LogP contribution in [0.4, 0.5) is 0 Å². The molecule has 0 amide bonds. The van der Waals surface area contributed by atoms with E-state index in [2.05, 4.69) is 11.2 Å². The Labute approximate surface area is 119 Å². The van der Waals surface area contributed by atoms with Crippen LogP contribution >= 0.6 is 0 Å². The molecule has 0 spiro atoms. The number of hydrogen-bond acceptors (Lipinski definition) is 3. The van der Waals surface area contributed by atoms with Crippen LogP contribution in [0, 0.1) is 6.92 Å². The first-order valence-corrected chi connectivity index (χ1v) is 7.06. The third-order valence-corrected chi connectivity index (χ3v) is 3.89. The molecule has 1 aliphatic carbocycles. The van der Waals surface area contributed by atoms with Crippen LogP contribution in [0.5, 0.6) is 5.75 Å². The molecule has 0 radical (unpaired) electrons. The fourth-order valence-electron chi connectivity index (χ4n) is 2.80. The molecular weight excluding hydrogens is 252 g/mol. The lowest BCUT2D eigenvalue weighted by atomic mass is 9.89. The second kappa shape index (κ2) is 5.29. The number of rotatable bonds is 3. The Balaban J connectivity index is 1.75. The number of fused-ring (bicyclic) bond motifs is 1. The first-order valence-electron chi connectivity index (χ1n) is 7.06. The number of aliphatic hydroxyl groups excluding tert-OH is 1. The predicted octanol–water partition coefficient (Wildman–Crippen LogP) is 2.68. The number of benzene rings is 1. The van der Waals surface area contributed by atoms with Crippen molar-refractivity contribution in [2.75, 3.05) is 0 Å². The molecule has 1 aromatic heterocycles. The molecule has 0 unspecified atom stereocenters. The van der Waals surface area contributed by atoms with E-state index in [1.54, 1.807) is 0 Å². The van der Waals surface area contributed by atoms with Gasteiger partial charge in [0.25, 0.3) is 0 Å². The van der Waals surface area contributed by atoms with Crippen molar-refractivity contribution in [1.29, 1.82) is 0 Å². The van der Waals surface area contributed by atoms with E-state index in [9.17, 15) is 5.11 Å². The zero-order valence-corrected chi connectivity index (χ0v) is 12.0. The standard InChI is InChI=1S/C16H20N2O2/c1-11-8-13(18(2)17-11)10-20-14-7-6-12-4-3-5-16(19)15(12)9-14/h6-9,16,19H,3-5,10H2,1-2H3/t16-/m1/s1. The Morgan fingerprint density at radius 1 is 1.40 bits per heavy atom. The summed E-state index contributed by atoms with van der Waals surface area (Å²) >= 11 is 0. The quantitative estimate of drug-likeness (QED) is 0.934. The van der Waals surface area contributed by atoms with E-state index in [0.717, 1.165) is 42.0 Å². The Morgan fingerprint density at radius 3 is 3.00 bits per heavy atom. The van der Waals surface area contributed by atoms with Gasteiger partial charge in [-0.3, -0.25) is 4.68 Å². The molecule has 0 bridgehead atoms. The monoisotopic (exact) mass is 272 g/mol. The van der Waals surface area contributed by atoms with E-state index in [4.69, 9.17) is 4.74 Å². The molecule has 20 heavy (non-hydrogen) atoms. The first-order chi connectivity index (χ1) is 9.63. The summed E-state index contributed by atoms with van der Waals surface area (Å²) in [4.78, 5) is 0. The van der Waals surface area contributed by atoms with Gasteiger partial charge in [-0.25, -0.2) is 0 Å². The van der Waals surface area contributed by atoms with Crippen LogP contribution in [0.25, 0.3) is 0 Å². The Morgan fingerprint density at radius 2 is 2.25 bits per heavy atom. The Kier molecular flexibility index (Phi) is 3.49. The van der Waals surface area contributed by atoms with Crippen LogP contribution in [-0.4, -0.2) is 14.9 Å². The summed E-state index contributed by atoms with van der Waals surface area (Å²) in [6.07, 6.45) is 2.61. The van der Waals surface area contributed by atoms with E-state index >= 15 is 0 Å². The molecule has 106 valence electrons. The van der Waals surface area contributed by atoms with Crippen molar-refractivity contribution in [3.05, 3.63) is 46.8 Å². The van der Waals surface area contributed by atoms with Gasteiger partial charge in [-0.15, -0.1) is 0 Å². The molecule has 0 fully saturated rings. The molecule has 1 N–H and O–H groups in total. The Hall–Kier alpha value is -1.81. The van der Waals surface area contributed by atoms with Gasteiger partial charge in [-0.2, -0.15) is 5.10 Å². The van der Waals surface area contributed by atoms with Gasteiger partial charge >= 0.3 is 0 Å². The highest BCUT2D eigenvalue weighted by molar-refractivity contribution is 5.38. The van der Waals surface area contributed by atoms with Crippen molar-refractivity contribution in [2.24, 2.45) is 7.05 Å². The van der Waals surface area contributed by atoms with Crippen LogP contribution < -0.4 is 4.74 Å². The molecule has 0 aliphatic heterocycles. The Bertz CT molecular complexity index is 619. The molecule has 2 aromatic rings. The highest BCUT2D eigenvalue weighted by atomic mass is 16.5. The van der Waals surface area contributed by atoms with E-state index in [1.165, 1.54) is 5.56 Å². The zero-order chi connectivity index (χ0) is 14.1. The van der Waals surface area contributed by atoms with Crippen LogP contribution in [0.1, 0.15) is 41.5 Å². The highest BCUT2D eigenvalue weighted by Crippen LogP contribution is 2.32. The largest absolute Gasteiger partial charge is 0.487 e. The topological polar surface area (TPSA) is 47.3 Å². The van der Waals surface area contributed by atoms with Crippen molar-refractivity contribution in [3.8, 4) is 5.75 Å². The number of aromatic nitrogens is 2. The molecule has 1 atom stereocenters. The normalized spacial score (nSPS) is 17.9. The smallest absolute Gasteiger partial charge is 0.130 e. The van der Waals surface area contributed by atoms with Gasteiger partial charge in [0.05, 0.1) is 17.5 Å². The van der Waals surface area contributed by atoms with E-state index in [-0.39, 0.29) is 6.10 Å². The van der Waals surface area contributed by atoms with Crippen molar-refractivity contribution in [2.45, 2.75) is 38.9 Å². The minimum Gasteiger partial charge on any atom is -0.487 e. The average Bonchev–Trinajstić information content (AvgIpc) is 2.75. The van der Waals surface area contributed by atoms with Gasteiger partial charge in [0, 0.05) is 7.05 Å². The second-order valence-corrected chi connectivity index (χ2v) is 5.46. The lowest BCUT2D eigenvalue weighted by Crippen LogP contribution is -2.09. The maximum absolute atomic E-state index is 10.0. The summed E-state index contributed by atoms with van der Waals surface area (Å²) in [7, 11) is 1.92. The molecule has 0 saturated carbocycles. The van der Waals surface area contributed by atoms with Gasteiger partial charge in [-0.1, -0.05) is 6.07 Å². The zero-order valence-electron chi connectivity index (χ0n) is 12.0. The number of aryl methyl sites for hydroxylation is 3. The van der Waals surface area contributed by atoms with Gasteiger partial charge in [0.1, 0.15) is 12.4 Å². The van der Waals surface area contributed by atoms with Crippen molar-refractivity contribution < 1.29 is 9.84 Å². The maximum atomic E-state index is 10.0. The van der Waals surface area contributed by atoms with Crippen molar-refractivity contribution in [1.82, 2.24) is 9.78 Å². The summed E-state index contributed by atoms with van der Waals surface area (Å²) < 4.78 is 7.66. The lowest BCUT2D eigenvalue weighted by molar-refractivity contribution is 0.156. The lowest BCUT2D eigenvalue weighted by Gasteiger charge is -2.22. The fourth-order valence-corrected chi connectivity index (χ4v) is 2.80. The van der Waals surface area contributed by atoms with Crippen molar-refractivity contribution >= 4 is 0 Å². The summed E-state index contributed by atoms with van der Waals surface area (Å²) in [5, 5.41) is 14.4. The molecule has 4 heteroatoms. The average molecular weight is 272 g/mol. The maximum Gasteiger partial charge on any atom is 0.130 e. The second-order valence-electron chi connectivity index (χ2n) is 5.46. The first kappa shape index (κ1) is 13.2. The van der Waals surface area contributed by atoms with E-state index in [1.807, 2.05) is 36.9 Å². The molecule has 0 saturated heterocycles. The summed E-state index contributed by atoms with van der Waals surface area (Å²) in [5.74, 6) is 0.809. The predicted molar refractivity (Wildman–Crippen MR) is 76.6 cm³/mol. The van der Waals surface area contributed by atoms with Crippen molar-refractivity contribution in [3.63, 3.8) is 0 Å². The van der Waals surface area contributed by atoms with E-state index < -0.39 is 0 Å². The highest BCUT2D eigenvalue weighted by Gasteiger charge is 2.18. The minimum atomic E-state index is -0.346. The molecule has 1 heterocycles. The molecule has 4 nitrogen and oxygen atoms in total. The SMILES string of the molecule is Cc1cc(COc2ccc3c(c2)[C@H](O)CCC3)n(C)n1. The summed E-state index contributed by atoms with van der Waals surface area (Å²) in [6.45, 7) is 2.46. The number of ether oxygens (including phenoxy) is 1. The van der Waals surface area contributed by atoms with Crippen LogP contribution in [0.15, 0.2) is 24.3 Å². The fraction of sp³-hybridized carbons (Fsp3) is 0.438. The summed E-state index contributed by atoms with van der Waals surface area (Å²) in [6, 6.07) is 8.05. The van der Waals surface area contributed by atoms with Crippen LogP contribution in [-0.2, 0) is 20.1 Å². The van der Waals surface area contributed by atoms with Gasteiger partial charge in [-0.05, 0) is 55.5 Å². The van der Waals surface area contributed by atoms with Gasteiger partial charge in [0.2, 0.25) is 0 Å². The number of hydrogen-bond donors (Lipinski definition) is 1. The van der Waals surface area contributed by atoms with Crippen LogP contribution in [0.2, 0.25) is 0 Å².